The standard InChI is InChI=1S/C13H18N2O3/c14-10-1-2-12(11(7-10)13(17)18)15-5-3-9(8-16)4-6-15/h1-2,7,9,16H,3-6,8,14H2,(H,17,18). The Hall–Kier alpha value is -1.75. The summed E-state index contributed by atoms with van der Waals surface area (Å²) in [4.78, 5) is 13.3. The maximum absolute atomic E-state index is 11.2. The van der Waals surface area contributed by atoms with Crippen LogP contribution in [0.1, 0.15) is 23.2 Å². The van der Waals surface area contributed by atoms with Crippen LogP contribution in [-0.2, 0) is 0 Å². The van der Waals surface area contributed by atoms with Gasteiger partial charge in [0.25, 0.3) is 0 Å². The number of benzene rings is 1. The first-order valence-corrected chi connectivity index (χ1v) is 6.10. The molecule has 1 aliphatic rings. The van der Waals surface area contributed by atoms with E-state index in [2.05, 4.69) is 4.90 Å². The highest BCUT2D eigenvalue weighted by Crippen LogP contribution is 2.27. The summed E-state index contributed by atoms with van der Waals surface area (Å²) in [5, 5.41) is 18.3. The SMILES string of the molecule is Nc1ccc(N2CCC(CO)CC2)c(C(=O)O)c1. The molecule has 1 heterocycles. The van der Waals surface area contributed by atoms with Crippen LogP contribution in [0, 0.1) is 5.92 Å². The van der Waals surface area contributed by atoms with Gasteiger partial charge >= 0.3 is 5.97 Å². The predicted octanol–water partition coefficient (Wildman–Crippen LogP) is 1.18. The number of hydrogen-bond acceptors (Lipinski definition) is 4. The van der Waals surface area contributed by atoms with E-state index in [0.29, 0.717) is 17.3 Å². The zero-order valence-corrected chi connectivity index (χ0v) is 10.2. The van der Waals surface area contributed by atoms with Crippen molar-refractivity contribution >= 4 is 17.3 Å². The van der Waals surface area contributed by atoms with E-state index in [-0.39, 0.29) is 12.2 Å². The summed E-state index contributed by atoms with van der Waals surface area (Å²) in [5.41, 5.74) is 7.05. The zero-order chi connectivity index (χ0) is 13.1. The highest BCUT2D eigenvalue weighted by atomic mass is 16.4. The summed E-state index contributed by atoms with van der Waals surface area (Å²) in [6, 6.07) is 4.98. The number of anilines is 2. The van der Waals surface area contributed by atoms with Gasteiger partial charge in [0.05, 0.1) is 11.3 Å². The second kappa shape index (κ2) is 5.27. The Bertz CT molecular complexity index is 440. The fraction of sp³-hybridized carbons (Fsp3) is 0.462. The van der Waals surface area contributed by atoms with E-state index in [1.807, 2.05) is 0 Å². The molecule has 0 spiro atoms. The number of aliphatic hydroxyl groups excluding tert-OH is 1. The van der Waals surface area contributed by atoms with Gasteiger partial charge in [-0.15, -0.1) is 0 Å². The number of piperidine rings is 1. The van der Waals surface area contributed by atoms with E-state index in [1.54, 1.807) is 12.1 Å². The molecule has 0 radical (unpaired) electrons. The molecule has 1 aromatic carbocycles. The molecule has 98 valence electrons. The Morgan fingerprint density at radius 3 is 2.61 bits per heavy atom. The van der Waals surface area contributed by atoms with Gasteiger partial charge in [-0.05, 0) is 37.0 Å². The number of carboxylic acids is 1. The second-order valence-corrected chi connectivity index (χ2v) is 4.69. The van der Waals surface area contributed by atoms with E-state index in [4.69, 9.17) is 10.8 Å². The van der Waals surface area contributed by atoms with Crippen molar-refractivity contribution in [3.63, 3.8) is 0 Å². The fourth-order valence-corrected chi connectivity index (χ4v) is 2.36. The maximum atomic E-state index is 11.2. The molecule has 18 heavy (non-hydrogen) atoms. The number of hydrogen-bond donors (Lipinski definition) is 3. The van der Waals surface area contributed by atoms with Crippen LogP contribution in [0.4, 0.5) is 11.4 Å². The van der Waals surface area contributed by atoms with Crippen LogP contribution >= 0.6 is 0 Å². The number of carbonyl (C=O) groups is 1. The molecule has 4 N–H and O–H groups in total. The summed E-state index contributed by atoms with van der Waals surface area (Å²) in [7, 11) is 0. The Labute approximate surface area is 106 Å². The lowest BCUT2D eigenvalue weighted by molar-refractivity contribution is 0.0697. The van der Waals surface area contributed by atoms with Gasteiger partial charge in [-0.25, -0.2) is 4.79 Å². The topological polar surface area (TPSA) is 86.8 Å². The lowest BCUT2D eigenvalue weighted by Crippen LogP contribution is -2.35. The molecule has 0 aromatic heterocycles. The number of aromatic carboxylic acids is 1. The summed E-state index contributed by atoms with van der Waals surface area (Å²) < 4.78 is 0. The van der Waals surface area contributed by atoms with E-state index in [1.165, 1.54) is 6.07 Å². The molecule has 5 heteroatoms. The average Bonchev–Trinajstić information content (AvgIpc) is 2.39. The average molecular weight is 250 g/mol. The molecule has 0 bridgehead atoms. The van der Waals surface area contributed by atoms with E-state index < -0.39 is 5.97 Å². The quantitative estimate of drug-likeness (QED) is 0.701. The molecule has 0 atom stereocenters. The highest BCUT2D eigenvalue weighted by Gasteiger charge is 2.22. The van der Waals surface area contributed by atoms with E-state index in [9.17, 15) is 9.90 Å². The molecule has 1 saturated heterocycles. The Balaban J connectivity index is 2.21. The summed E-state index contributed by atoms with van der Waals surface area (Å²) in [6.45, 7) is 1.76. The molecule has 2 rings (SSSR count). The fourth-order valence-electron chi connectivity index (χ4n) is 2.36. The Morgan fingerprint density at radius 1 is 1.39 bits per heavy atom. The van der Waals surface area contributed by atoms with Crippen LogP contribution in [0.3, 0.4) is 0 Å². The largest absolute Gasteiger partial charge is 0.478 e. The van der Waals surface area contributed by atoms with Gasteiger partial charge in [0.1, 0.15) is 0 Å². The van der Waals surface area contributed by atoms with Crippen molar-refractivity contribution in [3.05, 3.63) is 23.8 Å². The van der Waals surface area contributed by atoms with Crippen molar-refractivity contribution in [2.75, 3.05) is 30.3 Å². The van der Waals surface area contributed by atoms with Crippen LogP contribution in [0.2, 0.25) is 0 Å². The van der Waals surface area contributed by atoms with Gasteiger partial charge < -0.3 is 20.8 Å². The van der Waals surface area contributed by atoms with Crippen molar-refractivity contribution in [2.45, 2.75) is 12.8 Å². The molecule has 0 amide bonds. The van der Waals surface area contributed by atoms with Crippen molar-refractivity contribution in [1.82, 2.24) is 0 Å². The minimum atomic E-state index is -0.957. The monoisotopic (exact) mass is 250 g/mol. The van der Waals surface area contributed by atoms with Crippen molar-refractivity contribution in [1.29, 1.82) is 0 Å². The van der Waals surface area contributed by atoms with Crippen LogP contribution in [0.25, 0.3) is 0 Å². The third-order valence-corrected chi connectivity index (χ3v) is 3.46. The highest BCUT2D eigenvalue weighted by molar-refractivity contribution is 5.95. The molecule has 5 nitrogen and oxygen atoms in total. The third-order valence-electron chi connectivity index (χ3n) is 3.46. The number of carboxylic acid groups (broad SMARTS) is 1. The first kappa shape index (κ1) is 12.7. The lowest BCUT2D eigenvalue weighted by atomic mass is 9.97. The maximum Gasteiger partial charge on any atom is 0.337 e. The number of nitrogens with zero attached hydrogens (tertiary/aromatic N) is 1. The van der Waals surface area contributed by atoms with Crippen LogP contribution < -0.4 is 10.6 Å². The number of aliphatic hydroxyl groups is 1. The molecule has 1 aromatic rings. The van der Waals surface area contributed by atoms with Crippen molar-refractivity contribution in [2.24, 2.45) is 5.92 Å². The lowest BCUT2D eigenvalue weighted by Gasteiger charge is -2.33. The van der Waals surface area contributed by atoms with E-state index >= 15 is 0 Å². The molecule has 0 saturated carbocycles. The van der Waals surface area contributed by atoms with Gasteiger partial charge in [0.15, 0.2) is 0 Å². The first-order valence-electron chi connectivity index (χ1n) is 6.10. The Kier molecular flexibility index (Phi) is 3.72. The van der Waals surface area contributed by atoms with Gasteiger partial charge in [-0.3, -0.25) is 0 Å². The van der Waals surface area contributed by atoms with Crippen molar-refractivity contribution < 1.29 is 15.0 Å². The Morgan fingerprint density at radius 2 is 2.06 bits per heavy atom. The molecule has 1 aliphatic heterocycles. The first-order chi connectivity index (χ1) is 8.61. The van der Waals surface area contributed by atoms with Crippen LogP contribution in [0.15, 0.2) is 18.2 Å². The van der Waals surface area contributed by atoms with Crippen LogP contribution in [0.5, 0.6) is 0 Å². The normalized spacial score (nSPS) is 16.8. The zero-order valence-electron chi connectivity index (χ0n) is 10.2. The molecular formula is C13H18N2O3. The summed E-state index contributed by atoms with van der Waals surface area (Å²) in [6.07, 6.45) is 1.78. The minimum Gasteiger partial charge on any atom is -0.478 e. The third kappa shape index (κ3) is 2.56. The van der Waals surface area contributed by atoms with Gasteiger partial charge in [-0.1, -0.05) is 0 Å². The number of nitrogens with two attached hydrogens (primary N) is 1. The predicted molar refractivity (Wildman–Crippen MR) is 69.8 cm³/mol. The van der Waals surface area contributed by atoms with Crippen LogP contribution in [-0.4, -0.2) is 35.9 Å². The van der Waals surface area contributed by atoms with Crippen molar-refractivity contribution in [3.8, 4) is 0 Å². The molecule has 0 unspecified atom stereocenters. The molecule has 0 aliphatic carbocycles. The second-order valence-electron chi connectivity index (χ2n) is 4.69. The minimum absolute atomic E-state index is 0.210. The van der Waals surface area contributed by atoms with Gasteiger partial charge in [-0.2, -0.15) is 0 Å². The molecular weight excluding hydrogens is 232 g/mol. The van der Waals surface area contributed by atoms with E-state index in [0.717, 1.165) is 25.9 Å². The van der Waals surface area contributed by atoms with Gasteiger partial charge in [0.2, 0.25) is 0 Å². The van der Waals surface area contributed by atoms with Gasteiger partial charge in [0, 0.05) is 25.4 Å². The number of rotatable bonds is 3. The summed E-state index contributed by atoms with van der Waals surface area (Å²) >= 11 is 0. The number of nitrogen functional groups attached to an aromatic ring is 1. The molecule has 1 fully saturated rings. The smallest absolute Gasteiger partial charge is 0.337 e. The summed E-state index contributed by atoms with van der Waals surface area (Å²) in [5.74, 6) is -0.620.